The first-order valence-corrected chi connectivity index (χ1v) is 25.5. The van der Waals surface area contributed by atoms with E-state index in [0.29, 0.717) is 34.4 Å². The molecule has 0 aliphatic carbocycles. The van der Waals surface area contributed by atoms with Crippen LogP contribution < -0.4 is 9.80 Å². The molecule has 75 heavy (non-hydrogen) atoms. The number of hydrogen-bond acceptors (Lipinski definition) is 2. The Morgan fingerprint density at radius 2 is 0.773 bits per heavy atom. The maximum absolute atomic E-state index is 14.9. The first-order chi connectivity index (χ1) is 35.8. The average molecular weight is 1010 g/mol. The molecule has 0 spiro atoms. The summed E-state index contributed by atoms with van der Waals surface area (Å²) in [5.74, 6) is 0. The molecule has 9 aromatic rings. The Balaban J connectivity index is 1.04. The van der Waals surface area contributed by atoms with E-state index >= 15 is 0 Å². The summed E-state index contributed by atoms with van der Waals surface area (Å²) in [6, 6.07) is 59.0. The van der Waals surface area contributed by atoms with E-state index in [9.17, 15) is 26.3 Å². The van der Waals surface area contributed by atoms with Crippen molar-refractivity contribution in [3.8, 4) is 44.5 Å². The van der Waals surface area contributed by atoms with E-state index in [1.54, 1.807) is 13.8 Å². The van der Waals surface area contributed by atoms with Gasteiger partial charge in [0, 0.05) is 28.2 Å². The molecule has 0 amide bonds. The lowest BCUT2D eigenvalue weighted by molar-refractivity contribution is -0.162. The van der Waals surface area contributed by atoms with Crippen LogP contribution >= 0.6 is 0 Å². The second-order valence-corrected chi connectivity index (χ2v) is 20.3. The van der Waals surface area contributed by atoms with Gasteiger partial charge in [0.2, 0.25) is 0 Å². The van der Waals surface area contributed by atoms with Gasteiger partial charge in [0.1, 0.15) is 0 Å². The molecule has 0 fully saturated rings. The molecule has 2 nitrogen and oxygen atoms in total. The third kappa shape index (κ3) is 9.19. The fraction of sp³-hybridized carbons (Fsp3) is 0.194. The van der Waals surface area contributed by atoms with Crippen LogP contribution in [0.4, 0.5) is 60.5 Å². The predicted octanol–water partition coefficient (Wildman–Crippen LogP) is 20.3. The van der Waals surface area contributed by atoms with Crippen molar-refractivity contribution in [3.05, 3.63) is 238 Å². The van der Waals surface area contributed by atoms with E-state index in [1.807, 2.05) is 86.6 Å². The number of rotatable bonds is 10. The molecule has 378 valence electrons. The van der Waals surface area contributed by atoms with Gasteiger partial charge in [0.15, 0.2) is 0 Å². The molecule has 0 N–H and O–H groups in total. The Morgan fingerprint density at radius 1 is 0.413 bits per heavy atom. The summed E-state index contributed by atoms with van der Waals surface area (Å²) in [6.45, 7) is 16.2. The summed E-state index contributed by atoms with van der Waals surface area (Å²) in [5.41, 5.74) is 14.7. The lowest BCUT2D eigenvalue weighted by Crippen LogP contribution is -2.30. The summed E-state index contributed by atoms with van der Waals surface area (Å²) < 4.78 is 89.2. The molecule has 0 aromatic heterocycles. The lowest BCUT2D eigenvalue weighted by atomic mass is 9.73. The highest BCUT2D eigenvalue weighted by atomic mass is 19.4. The Hall–Kier alpha value is -7.84. The number of fused-ring (bicyclic) bond motifs is 2. The largest absolute Gasteiger partial charge is 0.417 e. The molecule has 0 bridgehead atoms. The van der Waals surface area contributed by atoms with E-state index < -0.39 is 23.5 Å². The van der Waals surface area contributed by atoms with Crippen molar-refractivity contribution in [2.24, 2.45) is 0 Å². The number of para-hydroxylation sites is 4. The van der Waals surface area contributed by atoms with E-state index in [0.717, 1.165) is 80.3 Å². The van der Waals surface area contributed by atoms with Crippen molar-refractivity contribution in [2.45, 2.75) is 86.0 Å². The van der Waals surface area contributed by atoms with Crippen LogP contribution in [-0.2, 0) is 30.6 Å². The van der Waals surface area contributed by atoms with Gasteiger partial charge in [-0.3, -0.25) is 0 Å². The molecule has 9 aromatic carbocycles. The Kier molecular flexibility index (Phi) is 13.1. The Bertz CT molecular complexity index is 3520. The molecule has 0 atom stereocenters. The van der Waals surface area contributed by atoms with Gasteiger partial charge in [-0.2, -0.15) is 26.3 Å². The smallest absolute Gasteiger partial charge is 0.310 e. The van der Waals surface area contributed by atoms with Crippen molar-refractivity contribution in [1.29, 1.82) is 0 Å². The summed E-state index contributed by atoms with van der Waals surface area (Å²) in [4.78, 5) is 4.56. The van der Waals surface area contributed by atoms with Crippen molar-refractivity contribution in [3.63, 3.8) is 0 Å². The van der Waals surface area contributed by atoms with Gasteiger partial charge in [-0.1, -0.05) is 149 Å². The molecular formula is C67H58F6N2. The van der Waals surface area contributed by atoms with E-state index in [1.165, 1.54) is 22.3 Å². The van der Waals surface area contributed by atoms with Gasteiger partial charge in [0.25, 0.3) is 0 Å². The summed E-state index contributed by atoms with van der Waals surface area (Å²) in [6.07, 6.45) is -8.86. The van der Waals surface area contributed by atoms with Gasteiger partial charge in [-0.25, -0.2) is 0 Å². The zero-order valence-electron chi connectivity index (χ0n) is 43.4. The second-order valence-electron chi connectivity index (χ2n) is 20.3. The standard InChI is InChI=1S/C67H58F6N2/c1-9-45-19-11-15-23-61(45)74(62-24-16-12-20-46(62)10-2)49-31-27-47(28-32-49)51-35-43(5)53(37-41(51)3)55-39-59(66(68,69)70)60(67(71,72)73)40-56(55)54-38-42(4)52(36-44(54)6)48-29-33-50(34-30-48)75-63-25-17-13-21-57(63)65(7,8)58-22-14-18-26-64(58)75/h11-40H,9-10H2,1-8H3. The third-order valence-electron chi connectivity index (χ3n) is 15.2. The fourth-order valence-electron chi connectivity index (χ4n) is 11.3. The molecule has 0 saturated heterocycles. The van der Waals surface area contributed by atoms with Crippen LogP contribution in [0, 0.1) is 27.7 Å². The molecule has 0 unspecified atom stereocenters. The van der Waals surface area contributed by atoms with Crippen molar-refractivity contribution >= 4 is 34.1 Å². The number of hydrogen-bond donors (Lipinski definition) is 0. The first kappa shape index (κ1) is 50.7. The normalized spacial score (nSPS) is 13.1. The van der Waals surface area contributed by atoms with Crippen LogP contribution in [0.25, 0.3) is 44.5 Å². The highest BCUT2D eigenvalue weighted by Crippen LogP contribution is 2.53. The maximum atomic E-state index is 14.9. The molecule has 10 rings (SSSR count). The van der Waals surface area contributed by atoms with Crippen LogP contribution in [0.3, 0.4) is 0 Å². The highest BCUT2D eigenvalue weighted by Gasteiger charge is 2.44. The lowest BCUT2D eigenvalue weighted by Gasteiger charge is -2.42. The van der Waals surface area contributed by atoms with Gasteiger partial charge in [-0.05, 0) is 190 Å². The average Bonchev–Trinajstić information content (AvgIpc) is 3.40. The summed E-state index contributed by atoms with van der Waals surface area (Å²) in [7, 11) is 0. The quantitative estimate of drug-likeness (QED) is 0.126. The maximum Gasteiger partial charge on any atom is 0.417 e. The SMILES string of the molecule is CCc1ccccc1N(c1ccc(-c2cc(C)c(-c3cc(C(F)(F)F)c(C(F)(F)F)cc3-c3cc(C)c(-c4ccc(N5c6ccccc6C(C)(C)c6ccccc65)cc4)cc3C)cc2C)cc1)c1ccccc1CC. The minimum atomic E-state index is -5.28. The van der Waals surface area contributed by atoms with Crippen molar-refractivity contribution in [1.82, 2.24) is 0 Å². The molecule has 0 radical (unpaired) electrons. The Labute approximate surface area is 436 Å². The van der Waals surface area contributed by atoms with Crippen LogP contribution in [0.5, 0.6) is 0 Å². The second kappa shape index (κ2) is 19.5. The zero-order valence-corrected chi connectivity index (χ0v) is 43.4. The first-order valence-electron chi connectivity index (χ1n) is 25.5. The molecule has 1 heterocycles. The highest BCUT2D eigenvalue weighted by molar-refractivity contribution is 5.92. The van der Waals surface area contributed by atoms with Crippen LogP contribution in [-0.4, -0.2) is 0 Å². The molecule has 8 heteroatoms. The fourth-order valence-corrected chi connectivity index (χ4v) is 11.3. The number of aryl methyl sites for hydroxylation is 6. The number of anilines is 6. The molecular weight excluding hydrogens is 947 g/mol. The zero-order chi connectivity index (χ0) is 53.1. The molecule has 1 aliphatic rings. The van der Waals surface area contributed by atoms with Crippen LogP contribution in [0.1, 0.15) is 83.3 Å². The van der Waals surface area contributed by atoms with Crippen molar-refractivity contribution < 1.29 is 26.3 Å². The van der Waals surface area contributed by atoms with Crippen LogP contribution in [0.15, 0.2) is 182 Å². The van der Waals surface area contributed by atoms with Crippen LogP contribution in [0.2, 0.25) is 0 Å². The minimum Gasteiger partial charge on any atom is -0.310 e. The summed E-state index contributed by atoms with van der Waals surface area (Å²) in [5, 5.41) is 0. The summed E-state index contributed by atoms with van der Waals surface area (Å²) >= 11 is 0. The number of nitrogens with zero attached hydrogens (tertiary/aromatic N) is 2. The van der Waals surface area contributed by atoms with Gasteiger partial charge >= 0.3 is 12.4 Å². The number of halogens is 6. The molecule has 1 aliphatic heterocycles. The monoisotopic (exact) mass is 1000 g/mol. The van der Waals surface area contributed by atoms with E-state index in [4.69, 9.17) is 0 Å². The Morgan fingerprint density at radius 3 is 1.19 bits per heavy atom. The van der Waals surface area contributed by atoms with Crippen molar-refractivity contribution in [2.75, 3.05) is 9.80 Å². The number of benzene rings is 9. The van der Waals surface area contributed by atoms with Gasteiger partial charge in [-0.15, -0.1) is 0 Å². The van der Waals surface area contributed by atoms with E-state index in [-0.39, 0.29) is 16.5 Å². The van der Waals surface area contributed by atoms with Gasteiger partial charge < -0.3 is 9.80 Å². The number of alkyl halides is 6. The van der Waals surface area contributed by atoms with E-state index in [2.05, 4.69) is 135 Å². The minimum absolute atomic E-state index is 0.0718. The third-order valence-corrected chi connectivity index (χ3v) is 15.2. The topological polar surface area (TPSA) is 6.48 Å². The molecule has 0 saturated carbocycles. The predicted molar refractivity (Wildman–Crippen MR) is 297 cm³/mol. The van der Waals surface area contributed by atoms with Gasteiger partial charge in [0.05, 0.1) is 22.5 Å².